The first-order valence-corrected chi connectivity index (χ1v) is 13.4. The van der Waals surface area contributed by atoms with Gasteiger partial charge in [0, 0.05) is 31.7 Å². The first-order chi connectivity index (χ1) is 16.1. The van der Waals surface area contributed by atoms with E-state index in [1.54, 1.807) is 38.0 Å². The van der Waals surface area contributed by atoms with Crippen molar-refractivity contribution in [1.29, 1.82) is 0 Å². The van der Waals surface area contributed by atoms with Crippen LogP contribution in [-0.4, -0.2) is 75.9 Å². The average Bonchev–Trinajstić information content (AvgIpc) is 3.26. The molecule has 0 saturated heterocycles. The summed E-state index contributed by atoms with van der Waals surface area (Å²) in [5.41, 5.74) is 2.19. The van der Waals surface area contributed by atoms with E-state index >= 15 is 0 Å². The van der Waals surface area contributed by atoms with Crippen LogP contribution < -0.4 is 9.64 Å². The van der Waals surface area contributed by atoms with Crippen molar-refractivity contribution in [3.05, 3.63) is 47.5 Å². The molecule has 0 bridgehead atoms. The molecule has 1 amide bonds. The van der Waals surface area contributed by atoms with E-state index in [-0.39, 0.29) is 10.8 Å². The van der Waals surface area contributed by atoms with Crippen molar-refractivity contribution in [3.63, 3.8) is 0 Å². The fraction of sp³-hybridized carbons (Fsp3) is 0.417. The highest BCUT2D eigenvalue weighted by Gasteiger charge is 2.25. The molecule has 8 nitrogen and oxygen atoms in total. The first kappa shape index (κ1) is 26.1. The fourth-order valence-corrected chi connectivity index (χ4v) is 6.13. The predicted molar refractivity (Wildman–Crippen MR) is 138 cm³/mol. The van der Waals surface area contributed by atoms with E-state index in [1.165, 1.54) is 27.8 Å². The number of anilines is 1. The quantitative estimate of drug-likeness (QED) is 0.417. The second-order valence-corrected chi connectivity index (χ2v) is 11.0. The van der Waals surface area contributed by atoms with E-state index in [4.69, 9.17) is 9.72 Å². The molecular weight excluding hydrogens is 472 g/mol. The van der Waals surface area contributed by atoms with Crippen molar-refractivity contribution in [2.24, 2.45) is 0 Å². The van der Waals surface area contributed by atoms with Crippen molar-refractivity contribution in [3.8, 4) is 5.75 Å². The van der Waals surface area contributed by atoms with Crippen LogP contribution in [-0.2, 0) is 10.0 Å². The van der Waals surface area contributed by atoms with Crippen LogP contribution in [0.3, 0.4) is 0 Å². The van der Waals surface area contributed by atoms with Gasteiger partial charge in [0.2, 0.25) is 10.0 Å². The molecule has 0 aliphatic carbocycles. The molecule has 0 N–H and O–H groups in total. The second kappa shape index (κ2) is 10.8. The molecule has 3 aromatic rings. The average molecular weight is 505 g/mol. The van der Waals surface area contributed by atoms with Crippen LogP contribution in [0.25, 0.3) is 10.2 Å². The van der Waals surface area contributed by atoms with Crippen LogP contribution in [0, 0.1) is 6.92 Å². The summed E-state index contributed by atoms with van der Waals surface area (Å²) >= 11 is 1.45. The maximum Gasteiger partial charge on any atom is 0.260 e. The molecule has 34 heavy (non-hydrogen) atoms. The number of ether oxygens (including phenoxy) is 1. The van der Waals surface area contributed by atoms with Crippen molar-refractivity contribution in [2.45, 2.75) is 25.7 Å². The summed E-state index contributed by atoms with van der Waals surface area (Å²) in [5.74, 6) is 0.429. The van der Waals surface area contributed by atoms with Crippen LogP contribution in [0.15, 0.2) is 41.3 Å². The lowest BCUT2D eigenvalue weighted by atomic mass is 10.2. The summed E-state index contributed by atoms with van der Waals surface area (Å²) in [7, 11) is 1.90. The number of likely N-dealkylation sites (N-methyl/N-ethyl adjacent to an activating group) is 1. The number of aromatic nitrogens is 1. The van der Waals surface area contributed by atoms with Crippen molar-refractivity contribution >= 4 is 42.6 Å². The van der Waals surface area contributed by atoms with Gasteiger partial charge in [-0.15, -0.1) is 0 Å². The van der Waals surface area contributed by atoms with Gasteiger partial charge in [-0.3, -0.25) is 9.69 Å². The van der Waals surface area contributed by atoms with E-state index in [2.05, 4.69) is 0 Å². The van der Waals surface area contributed by atoms with Crippen LogP contribution in [0.5, 0.6) is 5.75 Å². The van der Waals surface area contributed by atoms with Crippen LogP contribution in [0.4, 0.5) is 5.13 Å². The predicted octanol–water partition coefficient (Wildman–Crippen LogP) is 3.85. The van der Waals surface area contributed by atoms with Crippen LogP contribution >= 0.6 is 11.3 Å². The van der Waals surface area contributed by atoms with Gasteiger partial charge in [-0.05, 0) is 56.9 Å². The summed E-state index contributed by atoms with van der Waals surface area (Å²) in [5, 5.41) is 0.578. The molecule has 0 radical (unpaired) electrons. The zero-order chi connectivity index (χ0) is 25.0. The van der Waals surface area contributed by atoms with Gasteiger partial charge in [0.1, 0.15) is 11.3 Å². The highest BCUT2D eigenvalue weighted by molar-refractivity contribution is 7.89. The largest absolute Gasteiger partial charge is 0.494 e. The fourth-order valence-electron chi connectivity index (χ4n) is 3.60. The standard InChI is InChI=1S/C24H32N4O4S2/c1-7-27(8-2)34(30,31)19-12-10-18(11-13-19)23(29)28(16-15-26(4)5)24-25-21-20(32-6)14-9-17(3)22(21)33-24/h9-14H,7-8,15-16H2,1-6H3. The van der Waals surface area contributed by atoms with E-state index in [0.717, 1.165) is 15.8 Å². The number of nitrogens with zero attached hydrogens (tertiary/aromatic N) is 4. The number of methoxy groups -OCH3 is 1. The van der Waals surface area contributed by atoms with Gasteiger partial charge in [0.05, 0.1) is 16.7 Å². The Hall–Kier alpha value is -2.53. The van der Waals surface area contributed by atoms with Crippen molar-refractivity contribution < 1.29 is 17.9 Å². The van der Waals surface area contributed by atoms with Gasteiger partial charge in [0.25, 0.3) is 5.91 Å². The number of hydrogen-bond acceptors (Lipinski definition) is 7. The van der Waals surface area contributed by atoms with Gasteiger partial charge in [-0.2, -0.15) is 4.31 Å². The number of thiazole rings is 1. The van der Waals surface area contributed by atoms with Crippen molar-refractivity contribution in [2.75, 3.05) is 52.3 Å². The maximum absolute atomic E-state index is 13.6. The molecule has 0 aliphatic heterocycles. The number of sulfonamides is 1. The third-order valence-electron chi connectivity index (χ3n) is 5.60. The molecule has 10 heteroatoms. The molecule has 0 unspecified atom stereocenters. The van der Waals surface area contributed by atoms with E-state index < -0.39 is 10.0 Å². The normalized spacial score (nSPS) is 12.0. The minimum Gasteiger partial charge on any atom is -0.494 e. The Morgan fingerprint density at radius 1 is 1.03 bits per heavy atom. The van der Waals surface area contributed by atoms with Gasteiger partial charge < -0.3 is 9.64 Å². The SMILES string of the molecule is CCN(CC)S(=O)(=O)c1ccc(C(=O)N(CCN(C)C)c2nc3c(OC)ccc(C)c3s2)cc1. The highest BCUT2D eigenvalue weighted by atomic mass is 32.2. The maximum atomic E-state index is 13.6. The van der Waals surface area contributed by atoms with Crippen molar-refractivity contribution in [1.82, 2.24) is 14.2 Å². The monoisotopic (exact) mass is 504 g/mol. The first-order valence-electron chi connectivity index (χ1n) is 11.1. The van der Waals surface area contributed by atoms with E-state index in [0.29, 0.717) is 42.6 Å². The molecule has 1 aromatic heterocycles. The number of carbonyl (C=O) groups excluding carboxylic acids is 1. The molecular formula is C24H32N4O4S2. The van der Waals surface area contributed by atoms with Gasteiger partial charge in [0.15, 0.2) is 5.13 Å². The number of carbonyl (C=O) groups is 1. The Kier molecular flexibility index (Phi) is 8.29. The lowest BCUT2D eigenvalue weighted by Gasteiger charge is -2.22. The van der Waals surface area contributed by atoms with E-state index in [1.807, 2.05) is 38.1 Å². The minimum absolute atomic E-state index is 0.174. The second-order valence-electron chi connectivity index (χ2n) is 8.13. The summed E-state index contributed by atoms with van der Waals surface area (Å²) < 4.78 is 33.4. The summed E-state index contributed by atoms with van der Waals surface area (Å²) in [6.07, 6.45) is 0. The zero-order valence-electron chi connectivity index (χ0n) is 20.5. The molecule has 3 rings (SSSR count). The number of benzene rings is 2. The van der Waals surface area contributed by atoms with Crippen LogP contribution in [0.1, 0.15) is 29.8 Å². The molecule has 184 valence electrons. The zero-order valence-corrected chi connectivity index (χ0v) is 22.2. The van der Waals surface area contributed by atoms with Gasteiger partial charge >= 0.3 is 0 Å². The Morgan fingerprint density at radius 3 is 2.24 bits per heavy atom. The molecule has 0 spiro atoms. The molecule has 1 heterocycles. The summed E-state index contributed by atoms with van der Waals surface area (Å²) in [6.45, 7) is 7.46. The molecule has 0 atom stereocenters. The summed E-state index contributed by atoms with van der Waals surface area (Å²) in [4.78, 5) is 22.1. The third-order valence-corrected chi connectivity index (χ3v) is 8.88. The Bertz CT molecular complexity index is 1250. The Labute approximate surface area is 205 Å². The lowest BCUT2D eigenvalue weighted by molar-refractivity contribution is 0.0985. The molecule has 0 aliphatic rings. The number of aryl methyl sites for hydroxylation is 1. The smallest absolute Gasteiger partial charge is 0.260 e. The number of amides is 1. The molecule has 0 saturated carbocycles. The number of fused-ring (bicyclic) bond motifs is 1. The minimum atomic E-state index is -3.59. The highest BCUT2D eigenvalue weighted by Crippen LogP contribution is 2.36. The number of hydrogen-bond donors (Lipinski definition) is 0. The topological polar surface area (TPSA) is 83.1 Å². The Morgan fingerprint density at radius 2 is 1.68 bits per heavy atom. The van der Waals surface area contributed by atoms with Gasteiger partial charge in [-0.1, -0.05) is 31.3 Å². The Balaban J connectivity index is 1.99. The molecule has 2 aromatic carbocycles. The van der Waals surface area contributed by atoms with Gasteiger partial charge in [-0.25, -0.2) is 13.4 Å². The lowest BCUT2D eigenvalue weighted by Crippen LogP contribution is -2.36. The van der Waals surface area contributed by atoms with E-state index in [9.17, 15) is 13.2 Å². The molecule has 0 fully saturated rings. The van der Waals surface area contributed by atoms with Crippen LogP contribution in [0.2, 0.25) is 0 Å². The number of rotatable bonds is 10. The third kappa shape index (κ3) is 5.25. The summed E-state index contributed by atoms with van der Waals surface area (Å²) in [6, 6.07) is 9.99.